The van der Waals surface area contributed by atoms with Gasteiger partial charge in [0.2, 0.25) is 10.0 Å². The lowest BCUT2D eigenvalue weighted by molar-refractivity contribution is 0.136. The normalized spacial score (nSPS) is 13.6. The highest BCUT2D eigenvalue weighted by atomic mass is 35.5. The number of nitrogens with zero attached hydrogens (tertiary/aromatic N) is 1. The number of hydrogen-bond acceptors (Lipinski definition) is 5. The van der Waals surface area contributed by atoms with Crippen molar-refractivity contribution in [3.05, 3.63) is 22.2 Å². The topological polar surface area (TPSA) is 68.3 Å². The van der Waals surface area contributed by atoms with E-state index in [0.29, 0.717) is 16.2 Å². The van der Waals surface area contributed by atoms with E-state index in [1.807, 2.05) is 13.0 Å². The van der Waals surface area contributed by atoms with E-state index in [2.05, 4.69) is 9.71 Å². The Hall–Kier alpha value is -0.890. The molecular weight excluding hydrogens is 320 g/mol. The van der Waals surface area contributed by atoms with Gasteiger partial charge in [-0.25, -0.2) is 13.4 Å². The average Bonchev–Trinajstić information content (AvgIpc) is 2.73. The molecule has 0 spiro atoms. The SMILES string of the molecule is COC(C)CS(=O)(=O)Nc1c(Cl)ccc2sc(C)nc12. The molecule has 0 amide bonds. The fraction of sp³-hybridized carbons (Fsp3) is 0.417. The Kier molecular flexibility index (Phi) is 4.53. The van der Waals surface area contributed by atoms with Crippen molar-refractivity contribution in [1.29, 1.82) is 0 Å². The van der Waals surface area contributed by atoms with Crippen molar-refractivity contribution >= 4 is 48.9 Å². The summed E-state index contributed by atoms with van der Waals surface area (Å²) in [4.78, 5) is 4.33. The molecule has 0 radical (unpaired) electrons. The number of sulfonamides is 1. The van der Waals surface area contributed by atoms with E-state index in [1.54, 1.807) is 13.0 Å². The first-order chi connectivity index (χ1) is 9.32. The third-order valence-electron chi connectivity index (χ3n) is 2.73. The molecular formula is C12H15ClN2O3S2. The molecule has 1 heterocycles. The van der Waals surface area contributed by atoms with Crippen molar-refractivity contribution in [3.8, 4) is 0 Å². The van der Waals surface area contributed by atoms with Gasteiger partial charge < -0.3 is 4.74 Å². The zero-order chi connectivity index (χ0) is 14.9. The molecule has 2 aromatic rings. The second-order valence-electron chi connectivity index (χ2n) is 4.43. The van der Waals surface area contributed by atoms with Crippen LogP contribution < -0.4 is 4.72 Å². The number of nitrogens with one attached hydrogen (secondary N) is 1. The van der Waals surface area contributed by atoms with E-state index in [1.165, 1.54) is 18.4 Å². The minimum Gasteiger partial charge on any atom is -0.381 e. The van der Waals surface area contributed by atoms with Crippen molar-refractivity contribution in [1.82, 2.24) is 4.98 Å². The summed E-state index contributed by atoms with van der Waals surface area (Å²) in [6.07, 6.45) is -0.400. The Morgan fingerprint density at radius 2 is 2.20 bits per heavy atom. The summed E-state index contributed by atoms with van der Waals surface area (Å²) in [5.41, 5.74) is 0.908. The molecule has 0 fully saturated rings. The largest absolute Gasteiger partial charge is 0.381 e. The van der Waals surface area contributed by atoms with E-state index in [4.69, 9.17) is 16.3 Å². The Bertz CT molecular complexity index is 728. The van der Waals surface area contributed by atoms with Crippen LogP contribution in [-0.2, 0) is 14.8 Å². The number of hydrogen-bond donors (Lipinski definition) is 1. The third kappa shape index (κ3) is 3.41. The maximum absolute atomic E-state index is 12.1. The third-order valence-corrected chi connectivity index (χ3v) is 5.41. The van der Waals surface area contributed by atoms with Gasteiger partial charge in [-0.2, -0.15) is 0 Å². The van der Waals surface area contributed by atoms with Gasteiger partial charge >= 0.3 is 0 Å². The molecule has 1 unspecified atom stereocenters. The maximum Gasteiger partial charge on any atom is 0.235 e. The van der Waals surface area contributed by atoms with Crippen LogP contribution in [0, 0.1) is 6.92 Å². The van der Waals surface area contributed by atoms with E-state index in [-0.39, 0.29) is 5.75 Å². The monoisotopic (exact) mass is 334 g/mol. The predicted molar refractivity (Wildman–Crippen MR) is 83.2 cm³/mol. The molecule has 8 heteroatoms. The summed E-state index contributed by atoms with van der Waals surface area (Å²) in [5.74, 6) is -0.140. The molecule has 20 heavy (non-hydrogen) atoms. The second kappa shape index (κ2) is 5.85. The zero-order valence-corrected chi connectivity index (χ0v) is 13.7. The molecule has 110 valence electrons. The lowest BCUT2D eigenvalue weighted by Gasteiger charge is -2.13. The van der Waals surface area contributed by atoms with Crippen molar-refractivity contribution < 1.29 is 13.2 Å². The van der Waals surface area contributed by atoms with Crippen LogP contribution in [0.25, 0.3) is 10.2 Å². The Morgan fingerprint density at radius 3 is 2.85 bits per heavy atom. The second-order valence-corrected chi connectivity index (χ2v) is 7.84. The van der Waals surface area contributed by atoms with Gasteiger partial charge in [0.25, 0.3) is 0 Å². The highest BCUT2D eigenvalue weighted by Crippen LogP contribution is 2.34. The van der Waals surface area contributed by atoms with Gasteiger partial charge in [0.15, 0.2) is 0 Å². The number of halogens is 1. The molecule has 0 saturated carbocycles. The van der Waals surface area contributed by atoms with Gasteiger partial charge in [-0.05, 0) is 26.0 Å². The number of thiazole rings is 1. The molecule has 0 aliphatic rings. The standard InChI is InChI=1S/C12H15ClN2O3S2/c1-7(18-3)6-20(16,17)15-11-9(13)4-5-10-12(11)14-8(2)19-10/h4-5,7,15H,6H2,1-3H3. The number of methoxy groups -OCH3 is 1. The van der Waals surface area contributed by atoms with E-state index < -0.39 is 16.1 Å². The van der Waals surface area contributed by atoms with Crippen molar-refractivity contribution in [2.24, 2.45) is 0 Å². The van der Waals surface area contributed by atoms with Crippen LogP contribution in [0.2, 0.25) is 5.02 Å². The summed E-state index contributed by atoms with van der Waals surface area (Å²) in [6, 6.07) is 3.50. The van der Waals surface area contributed by atoms with Crippen LogP contribution in [0.4, 0.5) is 5.69 Å². The molecule has 0 aliphatic heterocycles. The Labute approximate surface area is 127 Å². The number of ether oxygens (including phenoxy) is 1. The number of benzene rings is 1. The number of aromatic nitrogens is 1. The Morgan fingerprint density at radius 1 is 1.50 bits per heavy atom. The summed E-state index contributed by atoms with van der Waals surface area (Å²) in [7, 11) is -2.08. The number of aryl methyl sites for hydroxylation is 1. The molecule has 0 aliphatic carbocycles. The lowest BCUT2D eigenvalue weighted by atomic mass is 10.3. The minimum absolute atomic E-state index is 0.140. The fourth-order valence-electron chi connectivity index (χ4n) is 1.75. The molecule has 1 aromatic heterocycles. The van der Waals surface area contributed by atoms with Crippen molar-refractivity contribution in [2.75, 3.05) is 17.6 Å². The fourth-order valence-corrected chi connectivity index (χ4v) is 4.20. The van der Waals surface area contributed by atoms with Crippen LogP contribution in [0.15, 0.2) is 12.1 Å². The van der Waals surface area contributed by atoms with E-state index in [0.717, 1.165) is 9.71 Å². The van der Waals surface area contributed by atoms with Gasteiger partial charge in [-0.3, -0.25) is 4.72 Å². The quantitative estimate of drug-likeness (QED) is 0.912. The predicted octanol–water partition coefficient (Wildman–Crippen LogP) is 3.03. The van der Waals surface area contributed by atoms with Gasteiger partial charge in [0.1, 0.15) is 5.52 Å². The summed E-state index contributed by atoms with van der Waals surface area (Å²) in [6.45, 7) is 3.55. The highest BCUT2D eigenvalue weighted by Gasteiger charge is 2.19. The zero-order valence-electron chi connectivity index (χ0n) is 11.3. The van der Waals surface area contributed by atoms with Crippen LogP contribution in [-0.4, -0.2) is 32.4 Å². The van der Waals surface area contributed by atoms with Gasteiger partial charge in [-0.1, -0.05) is 11.6 Å². The first-order valence-electron chi connectivity index (χ1n) is 5.91. The summed E-state index contributed by atoms with van der Waals surface area (Å²) < 4.78 is 32.6. The molecule has 0 bridgehead atoms. The summed E-state index contributed by atoms with van der Waals surface area (Å²) in [5, 5.41) is 1.18. The molecule has 1 atom stereocenters. The van der Waals surface area contributed by atoms with Crippen molar-refractivity contribution in [2.45, 2.75) is 20.0 Å². The number of anilines is 1. The average molecular weight is 335 g/mol. The van der Waals surface area contributed by atoms with Gasteiger partial charge in [0, 0.05) is 7.11 Å². The summed E-state index contributed by atoms with van der Waals surface area (Å²) >= 11 is 7.59. The smallest absolute Gasteiger partial charge is 0.235 e. The molecule has 5 nitrogen and oxygen atoms in total. The lowest BCUT2D eigenvalue weighted by Crippen LogP contribution is -2.25. The first kappa shape index (κ1) is 15.5. The molecule has 1 N–H and O–H groups in total. The van der Waals surface area contributed by atoms with Crippen LogP contribution >= 0.6 is 22.9 Å². The van der Waals surface area contributed by atoms with Crippen LogP contribution in [0.3, 0.4) is 0 Å². The highest BCUT2D eigenvalue weighted by molar-refractivity contribution is 7.92. The van der Waals surface area contributed by atoms with Crippen LogP contribution in [0.1, 0.15) is 11.9 Å². The minimum atomic E-state index is -3.55. The number of fused-ring (bicyclic) bond motifs is 1. The van der Waals surface area contributed by atoms with E-state index in [9.17, 15) is 8.42 Å². The van der Waals surface area contributed by atoms with E-state index >= 15 is 0 Å². The molecule has 2 rings (SSSR count). The van der Waals surface area contributed by atoms with Gasteiger partial charge in [0.05, 0.1) is 32.3 Å². The molecule has 1 aromatic carbocycles. The van der Waals surface area contributed by atoms with Gasteiger partial charge in [-0.15, -0.1) is 11.3 Å². The number of rotatable bonds is 5. The Balaban J connectivity index is 2.40. The maximum atomic E-state index is 12.1. The van der Waals surface area contributed by atoms with Crippen molar-refractivity contribution in [3.63, 3.8) is 0 Å². The van der Waals surface area contributed by atoms with Crippen LogP contribution in [0.5, 0.6) is 0 Å². The molecule has 0 saturated heterocycles. The first-order valence-corrected chi connectivity index (χ1v) is 8.76.